The van der Waals surface area contributed by atoms with Crippen molar-refractivity contribution in [2.24, 2.45) is 5.73 Å². The van der Waals surface area contributed by atoms with Crippen LogP contribution in [-0.4, -0.2) is 39.9 Å². The molecule has 0 radical (unpaired) electrons. The number of amides is 1. The monoisotopic (exact) mass is 282 g/mol. The molecule has 0 aromatic heterocycles. The van der Waals surface area contributed by atoms with Crippen molar-refractivity contribution in [1.82, 2.24) is 5.32 Å². The van der Waals surface area contributed by atoms with Gasteiger partial charge in [0.1, 0.15) is 0 Å². The Morgan fingerprint density at radius 3 is 2.70 bits per heavy atom. The van der Waals surface area contributed by atoms with E-state index in [0.717, 1.165) is 5.56 Å². The first-order valence-corrected chi connectivity index (χ1v) is 6.40. The third-order valence-corrected chi connectivity index (χ3v) is 2.70. The molecular formula is C14H22N2O4. The van der Waals surface area contributed by atoms with Crippen molar-refractivity contribution in [3.8, 4) is 11.5 Å². The standard InChI is InChI=1S/C14H22N2O4/c1-10(15)11-4-5-12(13(8-11)19-3)20-9-14(17)16-6-7-18-2/h4-5,8,10H,6-7,9,15H2,1-3H3,(H,16,17)/t10-/m0/s1. The van der Waals surface area contributed by atoms with Gasteiger partial charge in [-0.05, 0) is 24.6 Å². The van der Waals surface area contributed by atoms with Crippen LogP contribution in [0.15, 0.2) is 18.2 Å². The third-order valence-electron chi connectivity index (χ3n) is 2.70. The predicted octanol–water partition coefficient (Wildman–Crippen LogP) is 0.856. The van der Waals surface area contributed by atoms with Crippen LogP contribution in [-0.2, 0) is 9.53 Å². The summed E-state index contributed by atoms with van der Waals surface area (Å²) in [7, 11) is 3.12. The highest BCUT2D eigenvalue weighted by atomic mass is 16.5. The van der Waals surface area contributed by atoms with E-state index in [-0.39, 0.29) is 18.6 Å². The van der Waals surface area contributed by atoms with E-state index in [1.165, 1.54) is 0 Å². The topological polar surface area (TPSA) is 82.8 Å². The molecule has 0 spiro atoms. The molecule has 3 N–H and O–H groups in total. The number of hydrogen-bond acceptors (Lipinski definition) is 5. The molecule has 1 atom stereocenters. The lowest BCUT2D eigenvalue weighted by atomic mass is 10.1. The molecule has 0 fully saturated rings. The quantitative estimate of drug-likeness (QED) is 0.691. The van der Waals surface area contributed by atoms with Crippen LogP contribution in [0.4, 0.5) is 0 Å². The summed E-state index contributed by atoms with van der Waals surface area (Å²) in [4.78, 5) is 11.5. The van der Waals surface area contributed by atoms with Gasteiger partial charge >= 0.3 is 0 Å². The Labute approximate surface area is 119 Å². The smallest absolute Gasteiger partial charge is 0.258 e. The van der Waals surface area contributed by atoms with Crippen molar-refractivity contribution in [3.05, 3.63) is 23.8 Å². The average Bonchev–Trinajstić information content (AvgIpc) is 2.45. The van der Waals surface area contributed by atoms with Crippen LogP contribution in [0.3, 0.4) is 0 Å². The Hall–Kier alpha value is -1.79. The molecule has 0 saturated heterocycles. The molecule has 0 aliphatic carbocycles. The lowest BCUT2D eigenvalue weighted by Gasteiger charge is -2.13. The van der Waals surface area contributed by atoms with Gasteiger partial charge in [-0.1, -0.05) is 6.07 Å². The van der Waals surface area contributed by atoms with E-state index in [2.05, 4.69) is 5.32 Å². The van der Waals surface area contributed by atoms with Crippen molar-refractivity contribution >= 4 is 5.91 Å². The van der Waals surface area contributed by atoms with Crippen molar-refractivity contribution in [2.75, 3.05) is 34.0 Å². The maximum Gasteiger partial charge on any atom is 0.258 e. The van der Waals surface area contributed by atoms with Gasteiger partial charge < -0.3 is 25.3 Å². The molecule has 0 saturated carbocycles. The fourth-order valence-electron chi connectivity index (χ4n) is 1.57. The highest BCUT2D eigenvalue weighted by molar-refractivity contribution is 5.77. The Bertz CT molecular complexity index is 435. The van der Waals surface area contributed by atoms with E-state index >= 15 is 0 Å². The van der Waals surface area contributed by atoms with Crippen LogP contribution in [0.5, 0.6) is 11.5 Å². The summed E-state index contributed by atoms with van der Waals surface area (Å²) in [6.07, 6.45) is 0. The zero-order valence-electron chi connectivity index (χ0n) is 12.1. The second kappa shape index (κ2) is 8.39. The molecule has 0 bridgehead atoms. The van der Waals surface area contributed by atoms with Crippen LogP contribution in [0.25, 0.3) is 0 Å². The Kier molecular flexibility index (Phi) is 6.83. The normalized spacial score (nSPS) is 11.8. The molecule has 1 aromatic rings. The van der Waals surface area contributed by atoms with Crippen molar-refractivity contribution in [2.45, 2.75) is 13.0 Å². The average molecular weight is 282 g/mol. The van der Waals surface area contributed by atoms with Crippen LogP contribution >= 0.6 is 0 Å². The number of rotatable bonds is 8. The number of benzene rings is 1. The van der Waals surface area contributed by atoms with Crippen molar-refractivity contribution in [3.63, 3.8) is 0 Å². The molecule has 0 heterocycles. The zero-order valence-corrected chi connectivity index (χ0v) is 12.1. The summed E-state index contributed by atoms with van der Waals surface area (Å²) in [5.41, 5.74) is 6.75. The van der Waals surface area contributed by atoms with Crippen LogP contribution in [0.2, 0.25) is 0 Å². The summed E-state index contributed by atoms with van der Waals surface area (Å²) in [6.45, 7) is 2.74. The molecule has 1 rings (SSSR count). The Morgan fingerprint density at radius 2 is 2.10 bits per heavy atom. The first-order valence-electron chi connectivity index (χ1n) is 6.40. The van der Waals surface area contributed by atoms with Crippen molar-refractivity contribution in [1.29, 1.82) is 0 Å². The van der Waals surface area contributed by atoms with E-state index < -0.39 is 0 Å². The summed E-state index contributed by atoms with van der Waals surface area (Å²) >= 11 is 0. The molecular weight excluding hydrogens is 260 g/mol. The maximum absolute atomic E-state index is 11.5. The molecule has 6 nitrogen and oxygen atoms in total. The van der Waals surface area contributed by atoms with Crippen molar-refractivity contribution < 1.29 is 19.0 Å². The van der Waals surface area contributed by atoms with Crippen LogP contribution < -0.4 is 20.5 Å². The number of methoxy groups -OCH3 is 2. The molecule has 6 heteroatoms. The number of carbonyl (C=O) groups is 1. The molecule has 0 unspecified atom stereocenters. The minimum Gasteiger partial charge on any atom is -0.493 e. The van der Waals surface area contributed by atoms with Gasteiger partial charge in [-0.15, -0.1) is 0 Å². The third kappa shape index (κ3) is 5.07. The molecule has 0 aliphatic rings. The molecule has 1 aromatic carbocycles. The first kappa shape index (κ1) is 16.3. The second-order valence-corrected chi connectivity index (χ2v) is 4.33. The largest absolute Gasteiger partial charge is 0.493 e. The van der Waals surface area contributed by atoms with Crippen LogP contribution in [0, 0.1) is 0 Å². The molecule has 1 amide bonds. The number of nitrogens with two attached hydrogens (primary N) is 1. The maximum atomic E-state index is 11.5. The summed E-state index contributed by atoms with van der Waals surface area (Å²) < 4.78 is 15.5. The molecule has 20 heavy (non-hydrogen) atoms. The van der Waals surface area contributed by atoms with Crippen LogP contribution in [0.1, 0.15) is 18.5 Å². The highest BCUT2D eigenvalue weighted by Gasteiger charge is 2.10. The van der Waals surface area contributed by atoms with Gasteiger partial charge in [0.25, 0.3) is 5.91 Å². The van der Waals surface area contributed by atoms with E-state index in [9.17, 15) is 4.79 Å². The number of nitrogens with one attached hydrogen (secondary N) is 1. The van der Waals surface area contributed by atoms with E-state index in [1.54, 1.807) is 20.3 Å². The molecule has 0 aliphatic heterocycles. The fraction of sp³-hybridized carbons (Fsp3) is 0.500. The van der Waals surface area contributed by atoms with Gasteiger partial charge in [0.05, 0.1) is 13.7 Å². The SMILES string of the molecule is COCCNC(=O)COc1ccc([C@H](C)N)cc1OC. The van der Waals surface area contributed by atoms with E-state index in [4.69, 9.17) is 19.9 Å². The van der Waals surface area contributed by atoms with Gasteiger partial charge in [-0.25, -0.2) is 0 Å². The molecule has 112 valence electrons. The first-order chi connectivity index (χ1) is 9.58. The number of hydrogen-bond donors (Lipinski definition) is 2. The lowest BCUT2D eigenvalue weighted by Crippen LogP contribution is -2.31. The highest BCUT2D eigenvalue weighted by Crippen LogP contribution is 2.29. The summed E-state index contributed by atoms with van der Waals surface area (Å²) in [6, 6.07) is 5.32. The summed E-state index contributed by atoms with van der Waals surface area (Å²) in [5.74, 6) is 0.864. The number of carbonyl (C=O) groups excluding carboxylic acids is 1. The predicted molar refractivity (Wildman–Crippen MR) is 76.0 cm³/mol. The van der Waals surface area contributed by atoms with Gasteiger partial charge in [0, 0.05) is 19.7 Å². The zero-order chi connectivity index (χ0) is 15.0. The Balaban J connectivity index is 2.57. The minimum absolute atomic E-state index is 0.0718. The van der Waals surface area contributed by atoms with Gasteiger partial charge in [-0.3, -0.25) is 4.79 Å². The van der Waals surface area contributed by atoms with E-state index in [0.29, 0.717) is 24.7 Å². The Morgan fingerprint density at radius 1 is 1.35 bits per heavy atom. The minimum atomic E-state index is -0.208. The summed E-state index contributed by atoms with van der Waals surface area (Å²) in [5, 5.41) is 2.67. The fourth-order valence-corrected chi connectivity index (χ4v) is 1.57. The number of ether oxygens (including phenoxy) is 3. The van der Waals surface area contributed by atoms with Gasteiger partial charge in [-0.2, -0.15) is 0 Å². The van der Waals surface area contributed by atoms with E-state index in [1.807, 2.05) is 19.1 Å². The van der Waals surface area contributed by atoms with Gasteiger partial charge in [0.15, 0.2) is 18.1 Å². The van der Waals surface area contributed by atoms with Gasteiger partial charge in [0.2, 0.25) is 0 Å². The lowest BCUT2D eigenvalue weighted by molar-refractivity contribution is -0.123. The second-order valence-electron chi connectivity index (χ2n) is 4.33.